The topological polar surface area (TPSA) is 21.3 Å². The van der Waals surface area contributed by atoms with Gasteiger partial charge in [-0.05, 0) is 19.3 Å². The van der Waals surface area contributed by atoms with Gasteiger partial charge in [0.1, 0.15) is 6.17 Å². The molecule has 0 aromatic carbocycles. The van der Waals surface area contributed by atoms with Crippen molar-refractivity contribution in [3.8, 4) is 0 Å². The Kier molecular flexibility index (Phi) is 1.85. The van der Waals surface area contributed by atoms with Crippen LogP contribution in [0.5, 0.6) is 0 Å². The Labute approximate surface area is 66.1 Å². The second-order valence-electron chi connectivity index (χ2n) is 3.60. The van der Waals surface area contributed by atoms with Crippen molar-refractivity contribution < 1.29 is 9.13 Å². The van der Waals surface area contributed by atoms with E-state index in [0.717, 1.165) is 26.1 Å². The molecule has 3 heteroatoms. The highest BCUT2D eigenvalue weighted by Gasteiger charge is 2.38. The van der Waals surface area contributed by atoms with Gasteiger partial charge in [0, 0.05) is 18.7 Å². The monoisotopic (exact) mass is 159 g/mol. The third-order valence-electron chi connectivity index (χ3n) is 2.74. The van der Waals surface area contributed by atoms with Crippen molar-refractivity contribution in [1.29, 1.82) is 0 Å². The molecule has 2 rings (SSSR count). The summed E-state index contributed by atoms with van der Waals surface area (Å²) in [5.41, 5.74) is 0.141. The van der Waals surface area contributed by atoms with Crippen molar-refractivity contribution in [3.05, 3.63) is 0 Å². The van der Waals surface area contributed by atoms with Crippen molar-refractivity contribution in [3.63, 3.8) is 0 Å². The molecular formula is C8H14FNO. The van der Waals surface area contributed by atoms with Gasteiger partial charge in [-0.1, -0.05) is 0 Å². The highest BCUT2D eigenvalue weighted by Crippen LogP contribution is 2.28. The zero-order valence-corrected chi connectivity index (χ0v) is 6.61. The number of alkyl halides is 1. The first-order valence-corrected chi connectivity index (χ1v) is 4.28. The van der Waals surface area contributed by atoms with Gasteiger partial charge in [-0.3, -0.25) is 0 Å². The minimum atomic E-state index is -0.638. The minimum Gasteiger partial charge on any atom is -0.379 e. The van der Waals surface area contributed by atoms with Crippen LogP contribution < -0.4 is 5.32 Å². The van der Waals surface area contributed by atoms with Crippen LogP contribution in [0.1, 0.15) is 19.3 Å². The van der Waals surface area contributed by atoms with Crippen LogP contribution in [0, 0.1) is 0 Å². The molecule has 2 aliphatic heterocycles. The van der Waals surface area contributed by atoms with E-state index in [-0.39, 0.29) is 5.54 Å². The van der Waals surface area contributed by atoms with Gasteiger partial charge in [0.2, 0.25) is 0 Å². The molecule has 11 heavy (non-hydrogen) atoms. The molecule has 1 spiro atoms. The number of halogens is 1. The first kappa shape index (κ1) is 7.50. The van der Waals surface area contributed by atoms with Crippen LogP contribution in [0.3, 0.4) is 0 Å². The van der Waals surface area contributed by atoms with Crippen LogP contribution in [-0.2, 0) is 4.74 Å². The molecule has 64 valence electrons. The van der Waals surface area contributed by atoms with Gasteiger partial charge in [-0.25, -0.2) is 4.39 Å². The third-order valence-corrected chi connectivity index (χ3v) is 2.74. The first-order valence-electron chi connectivity index (χ1n) is 4.28. The van der Waals surface area contributed by atoms with E-state index < -0.39 is 6.17 Å². The molecule has 0 aromatic heterocycles. The fourth-order valence-electron chi connectivity index (χ4n) is 1.89. The van der Waals surface area contributed by atoms with E-state index in [2.05, 4.69) is 5.32 Å². The predicted octanol–water partition coefficient (Wildman–Crippen LogP) is 0.867. The predicted molar refractivity (Wildman–Crippen MR) is 40.3 cm³/mol. The molecule has 2 unspecified atom stereocenters. The van der Waals surface area contributed by atoms with Crippen LogP contribution in [-0.4, -0.2) is 31.5 Å². The molecule has 0 amide bonds. The summed E-state index contributed by atoms with van der Waals surface area (Å²) in [5, 5.41) is 3.24. The summed E-state index contributed by atoms with van der Waals surface area (Å²) in [7, 11) is 0. The maximum atomic E-state index is 12.7. The summed E-state index contributed by atoms with van der Waals surface area (Å²) in [4.78, 5) is 0. The van der Waals surface area contributed by atoms with Crippen molar-refractivity contribution in [1.82, 2.24) is 5.32 Å². The molecule has 0 aliphatic carbocycles. The van der Waals surface area contributed by atoms with Gasteiger partial charge >= 0.3 is 0 Å². The third kappa shape index (κ3) is 1.40. The SMILES string of the molecule is FC1CCC2(CCOC2)NC1. The summed E-state index contributed by atoms with van der Waals surface area (Å²) < 4.78 is 18.0. The van der Waals surface area contributed by atoms with Gasteiger partial charge in [-0.15, -0.1) is 0 Å². The van der Waals surface area contributed by atoms with Crippen molar-refractivity contribution in [2.75, 3.05) is 19.8 Å². The maximum Gasteiger partial charge on any atom is 0.113 e. The van der Waals surface area contributed by atoms with E-state index in [1.165, 1.54) is 0 Å². The van der Waals surface area contributed by atoms with Gasteiger partial charge in [0.25, 0.3) is 0 Å². The number of piperidine rings is 1. The van der Waals surface area contributed by atoms with Crippen LogP contribution >= 0.6 is 0 Å². The number of hydrogen-bond donors (Lipinski definition) is 1. The Hall–Kier alpha value is -0.150. The van der Waals surface area contributed by atoms with Gasteiger partial charge in [0.05, 0.1) is 6.61 Å². The largest absolute Gasteiger partial charge is 0.379 e. The van der Waals surface area contributed by atoms with Gasteiger partial charge in [-0.2, -0.15) is 0 Å². The fourth-order valence-corrected chi connectivity index (χ4v) is 1.89. The standard InChI is InChI=1S/C8H14FNO/c9-7-1-2-8(10-5-7)3-4-11-6-8/h7,10H,1-6H2. The number of nitrogens with one attached hydrogen (secondary N) is 1. The molecule has 0 saturated carbocycles. The molecule has 0 radical (unpaired) electrons. The van der Waals surface area contributed by atoms with E-state index in [0.29, 0.717) is 13.0 Å². The maximum absolute atomic E-state index is 12.7. The Morgan fingerprint density at radius 2 is 2.36 bits per heavy atom. The van der Waals surface area contributed by atoms with Crippen molar-refractivity contribution >= 4 is 0 Å². The quantitative estimate of drug-likeness (QED) is 0.566. The Morgan fingerprint density at radius 3 is 2.91 bits per heavy atom. The zero-order valence-electron chi connectivity index (χ0n) is 6.61. The highest BCUT2D eigenvalue weighted by molar-refractivity contribution is 4.95. The molecule has 0 aromatic rings. The highest BCUT2D eigenvalue weighted by atomic mass is 19.1. The lowest BCUT2D eigenvalue weighted by Crippen LogP contribution is -2.52. The summed E-state index contributed by atoms with van der Waals surface area (Å²) in [5.74, 6) is 0. The fraction of sp³-hybridized carbons (Fsp3) is 1.00. The molecule has 2 aliphatic rings. The molecule has 2 atom stereocenters. The number of hydrogen-bond acceptors (Lipinski definition) is 2. The molecule has 2 fully saturated rings. The summed E-state index contributed by atoms with van der Waals surface area (Å²) in [6, 6.07) is 0. The van der Waals surface area contributed by atoms with Crippen LogP contribution in [0.25, 0.3) is 0 Å². The Bertz CT molecular complexity index is 135. The summed E-state index contributed by atoms with van der Waals surface area (Å²) >= 11 is 0. The molecule has 1 N–H and O–H groups in total. The lowest BCUT2D eigenvalue weighted by molar-refractivity contribution is 0.127. The molecule has 2 heterocycles. The van der Waals surface area contributed by atoms with E-state index >= 15 is 0 Å². The second kappa shape index (κ2) is 2.72. The van der Waals surface area contributed by atoms with Crippen LogP contribution in [0.15, 0.2) is 0 Å². The lowest BCUT2D eigenvalue weighted by atomic mass is 9.88. The number of ether oxygens (including phenoxy) is 1. The van der Waals surface area contributed by atoms with Gasteiger partial charge < -0.3 is 10.1 Å². The molecule has 0 bridgehead atoms. The zero-order chi connectivity index (χ0) is 7.73. The summed E-state index contributed by atoms with van der Waals surface area (Å²) in [6.07, 6.45) is 2.06. The average Bonchev–Trinajstić information content (AvgIpc) is 2.45. The van der Waals surface area contributed by atoms with Crippen LogP contribution in [0.4, 0.5) is 4.39 Å². The second-order valence-corrected chi connectivity index (χ2v) is 3.60. The average molecular weight is 159 g/mol. The summed E-state index contributed by atoms with van der Waals surface area (Å²) in [6.45, 7) is 2.13. The van der Waals surface area contributed by atoms with Gasteiger partial charge in [0.15, 0.2) is 0 Å². The van der Waals surface area contributed by atoms with E-state index in [9.17, 15) is 4.39 Å². The molecule has 2 saturated heterocycles. The minimum absolute atomic E-state index is 0.141. The lowest BCUT2D eigenvalue weighted by Gasteiger charge is -2.34. The Morgan fingerprint density at radius 1 is 1.45 bits per heavy atom. The first-order chi connectivity index (χ1) is 5.31. The van der Waals surface area contributed by atoms with E-state index in [1.807, 2.05) is 0 Å². The molecular weight excluding hydrogens is 145 g/mol. The normalized spacial score (nSPS) is 45.0. The van der Waals surface area contributed by atoms with E-state index in [4.69, 9.17) is 4.74 Å². The number of rotatable bonds is 0. The van der Waals surface area contributed by atoms with E-state index in [1.54, 1.807) is 0 Å². The molecule has 2 nitrogen and oxygen atoms in total. The van der Waals surface area contributed by atoms with Crippen molar-refractivity contribution in [2.24, 2.45) is 0 Å². The smallest absolute Gasteiger partial charge is 0.113 e. The van der Waals surface area contributed by atoms with Crippen molar-refractivity contribution in [2.45, 2.75) is 31.0 Å². The Balaban J connectivity index is 1.94. The van der Waals surface area contributed by atoms with Crippen LogP contribution in [0.2, 0.25) is 0 Å².